The number of aryl methyl sites for hydroxylation is 2. The van der Waals surface area contributed by atoms with Gasteiger partial charge in [-0.1, -0.05) is 5.16 Å². The normalized spacial score (nSPS) is 22.5. The van der Waals surface area contributed by atoms with Gasteiger partial charge in [0, 0.05) is 24.7 Å². The zero-order valence-electron chi connectivity index (χ0n) is 9.71. The standard InChI is InChI=1S/C11H19N3O/c1-8-11(9(2)15-13-8)6-12-10-4-5-14(3)7-10/h10,12H,4-7H2,1-3H3. The Morgan fingerprint density at radius 1 is 1.53 bits per heavy atom. The van der Waals surface area contributed by atoms with E-state index in [1.165, 1.54) is 18.5 Å². The molecular formula is C11H19N3O. The number of likely N-dealkylation sites (N-methyl/N-ethyl adjacent to an activating group) is 1. The average Bonchev–Trinajstić information content (AvgIpc) is 2.73. The summed E-state index contributed by atoms with van der Waals surface area (Å²) in [6.45, 7) is 7.17. The second kappa shape index (κ2) is 4.33. The van der Waals surface area contributed by atoms with Gasteiger partial charge in [0.2, 0.25) is 0 Å². The highest BCUT2D eigenvalue weighted by Crippen LogP contribution is 2.13. The molecule has 0 radical (unpaired) electrons. The first kappa shape index (κ1) is 10.6. The van der Waals surface area contributed by atoms with E-state index in [0.717, 1.165) is 24.5 Å². The molecule has 84 valence electrons. The summed E-state index contributed by atoms with van der Waals surface area (Å²) in [4.78, 5) is 2.35. The summed E-state index contributed by atoms with van der Waals surface area (Å²) in [7, 11) is 2.16. The van der Waals surface area contributed by atoms with Gasteiger partial charge >= 0.3 is 0 Å². The summed E-state index contributed by atoms with van der Waals surface area (Å²) in [5.41, 5.74) is 2.22. The molecule has 0 bridgehead atoms. The number of aromatic nitrogens is 1. The molecule has 1 aromatic rings. The van der Waals surface area contributed by atoms with E-state index >= 15 is 0 Å². The fraction of sp³-hybridized carbons (Fsp3) is 0.727. The largest absolute Gasteiger partial charge is 0.361 e. The SMILES string of the molecule is Cc1noc(C)c1CNC1CCN(C)C1. The first-order chi connectivity index (χ1) is 7.16. The number of rotatable bonds is 3. The second-order valence-electron chi connectivity index (χ2n) is 4.43. The van der Waals surface area contributed by atoms with Crippen molar-refractivity contribution in [2.24, 2.45) is 0 Å². The first-order valence-corrected chi connectivity index (χ1v) is 5.50. The van der Waals surface area contributed by atoms with Crippen LogP contribution < -0.4 is 5.32 Å². The van der Waals surface area contributed by atoms with Gasteiger partial charge in [-0.2, -0.15) is 0 Å². The Hall–Kier alpha value is -0.870. The molecule has 0 amide bonds. The van der Waals surface area contributed by atoms with Gasteiger partial charge in [-0.25, -0.2) is 0 Å². The highest BCUT2D eigenvalue weighted by Gasteiger charge is 2.19. The van der Waals surface area contributed by atoms with Crippen molar-refractivity contribution >= 4 is 0 Å². The zero-order valence-corrected chi connectivity index (χ0v) is 9.71. The summed E-state index contributed by atoms with van der Waals surface area (Å²) in [5, 5.41) is 7.51. The molecule has 1 saturated heterocycles. The molecule has 1 aromatic heterocycles. The molecule has 0 aromatic carbocycles. The van der Waals surface area contributed by atoms with Crippen molar-refractivity contribution in [3.05, 3.63) is 17.0 Å². The van der Waals surface area contributed by atoms with Crippen molar-refractivity contribution in [2.75, 3.05) is 20.1 Å². The predicted octanol–water partition coefficient (Wildman–Crippen LogP) is 1.09. The van der Waals surface area contributed by atoms with Crippen LogP contribution in [0.15, 0.2) is 4.52 Å². The number of hydrogen-bond acceptors (Lipinski definition) is 4. The summed E-state index contributed by atoms with van der Waals surface area (Å²) >= 11 is 0. The van der Waals surface area contributed by atoms with Crippen molar-refractivity contribution in [3.63, 3.8) is 0 Å². The fourth-order valence-corrected chi connectivity index (χ4v) is 2.10. The number of nitrogens with zero attached hydrogens (tertiary/aromatic N) is 2. The van der Waals surface area contributed by atoms with E-state index in [0.29, 0.717) is 6.04 Å². The van der Waals surface area contributed by atoms with E-state index in [-0.39, 0.29) is 0 Å². The highest BCUT2D eigenvalue weighted by atomic mass is 16.5. The molecule has 15 heavy (non-hydrogen) atoms. The Balaban J connectivity index is 1.88. The summed E-state index contributed by atoms with van der Waals surface area (Å²) < 4.78 is 5.13. The lowest BCUT2D eigenvalue weighted by Crippen LogP contribution is -2.31. The lowest BCUT2D eigenvalue weighted by molar-refractivity contribution is 0.389. The molecule has 1 atom stereocenters. The summed E-state index contributed by atoms with van der Waals surface area (Å²) in [6, 6.07) is 0.615. The van der Waals surface area contributed by atoms with Gasteiger partial charge in [0.1, 0.15) is 5.76 Å². The molecule has 1 aliphatic heterocycles. The van der Waals surface area contributed by atoms with Crippen LogP contribution >= 0.6 is 0 Å². The topological polar surface area (TPSA) is 41.3 Å². The monoisotopic (exact) mass is 209 g/mol. The van der Waals surface area contributed by atoms with E-state index in [2.05, 4.69) is 22.4 Å². The lowest BCUT2D eigenvalue weighted by Gasteiger charge is -2.12. The minimum atomic E-state index is 0.615. The maximum absolute atomic E-state index is 5.13. The van der Waals surface area contributed by atoms with E-state index in [1.807, 2.05) is 13.8 Å². The maximum atomic E-state index is 5.13. The van der Waals surface area contributed by atoms with Gasteiger partial charge < -0.3 is 14.7 Å². The molecule has 1 N–H and O–H groups in total. The Labute approximate surface area is 90.6 Å². The van der Waals surface area contributed by atoms with E-state index in [1.54, 1.807) is 0 Å². The quantitative estimate of drug-likeness (QED) is 0.809. The molecule has 4 heteroatoms. The lowest BCUT2D eigenvalue weighted by atomic mass is 10.2. The van der Waals surface area contributed by atoms with Gasteiger partial charge in [0.25, 0.3) is 0 Å². The van der Waals surface area contributed by atoms with E-state index in [9.17, 15) is 0 Å². The zero-order chi connectivity index (χ0) is 10.8. The van der Waals surface area contributed by atoms with Crippen molar-refractivity contribution in [3.8, 4) is 0 Å². The maximum Gasteiger partial charge on any atom is 0.138 e. The minimum Gasteiger partial charge on any atom is -0.361 e. The molecule has 2 heterocycles. The molecule has 0 aliphatic carbocycles. The van der Waals surface area contributed by atoms with Gasteiger partial charge in [0.15, 0.2) is 0 Å². The highest BCUT2D eigenvalue weighted by molar-refractivity contribution is 5.20. The van der Waals surface area contributed by atoms with Crippen LogP contribution in [-0.4, -0.2) is 36.2 Å². The van der Waals surface area contributed by atoms with Crippen LogP contribution in [-0.2, 0) is 6.54 Å². The summed E-state index contributed by atoms with van der Waals surface area (Å²) in [5.74, 6) is 0.936. The van der Waals surface area contributed by atoms with Crippen LogP contribution in [0, 0.1) is 13.8 Å². The van der Waals surface area contributed by atoms with Crippen LogP contribution in [0.2, 0.25) is 0 Å². The van der Waals surface area contributed by atoms with E-state index < -0.39 is 0 Å². The van der Waals surface area contributed by atoms with E-state index in [4.69, 9.17) is 4.52 Å². The van der Waals surface area contributed by atoms with Gasteiger partial charge in [-0.3, -0.25) is 0 Å². The fourth-order valence-electron chi connectivity index (χ4n) is 2.10. The smallest absolute Gasteiger partial charge is 0.138 e. The predicted molar refractivity (Wildman–Crippen MR) is 58.7 cm³/mol. The van der Waals surface area contributed by atoms with Crippen LogP contribution in [0.3, 0.4) is 0 Å². The van der Waals surface area contributed by atoms with Crippen molar-refractivity contribution in [1.82, 2.24) is 15.4 Å². The van der Waals surface area contributed by atoms with Crippen LogP contribution in [0.4, 0.5) is 0 Å². The minimum absolute atomic E-state index is 0.615. The average molecular weight is 209 g/mol. The van der Waals surface area contributed by atoms with Gasteiger partial charge in [-0.15, -0.1) is 0 Å². The number of hydrogen-bond donors (Lipinski definition) is 1. The van der Waals surface area contributed by atoms with Crippen molar-refractivity contribution in [1.29, 1.82) is 0 Å². The number of nitrogens with one attached hydrogen (secondary N) is 1. The third kappa shape index (κ3) is 2.38. The Morgan fingerprint density at radius 3 is 2.87 bits per heavy atom. The summed E-state index contributed by atoms with van der Waals surface area (Å²) in [6.07, 6.45) is 1.24. The van der Waals surface area contributed by atoms with Gasteiger partial charge in [-0.05, 0) is 33.9 Å². The Bertz CT molecular complexity index is 315. The van der Waals surface area contributed by atoms with Gasteiger partial charge in [0.05, 0.1) is 5.69 Å². The third-order valence-corrected chi connectivity index (χ3v) is 3.14. The Morgan fingerprint density at radius 2 is 2.33 bits per heavy atom. The molecule has 1 unspecified atom stereocenters. The van der Waals surface area contributed by atoms with Crippen LogP contribution in [0.5, 0.6) is 0 Å². The third-order valence-electron chi connectivity index (χ3n) is 3.14. The molecule has 0 saturated carbocycles. The molecular weight excluding hydrogens is 190 g/mol. The Kier molecular flexibility index (Phi) is 3.07. The second-order valence-corrected chi connectivity index (χ2v) is 4.43. The van der Waals surface area contributed by atoms with Crippen LogP contribution in [0.25, 0.3) is 0 Å². The van der Waals surface area contributed by atoms with Crippen molar-refractivity contribution in [2.45, 2.75) is 32.9 Å². The first-order valence-electron chi connectivity index (χ1n) is 5.50. The molecule has 4 nitrogen and oxygen atoms in total. The molecule has 1 aliphatic rings. The van der Waals surface area contributed by atoms with Crippen molar-refractivity contribution < 1.29 is 4.52 Å². The molecule has 0 spiro atoms. The molecule has 2 rings (SSSR count). The van der Waals surface area contributed by atoms with Crippen LogP contribution in [0.1, 0.15) is 23.4 Å². The number of likely N-dealkylation sites (tertiary alicyclic amines) is 1. The molecule has 1 fully saturated rings.